The summed E-state index contributed by atoms with van der Waals surface area (Å²) < 4.78 is 10.3. The summed E-state index contributed by atoms with van der Waals surface area (Å²) in [6, 6.07) is 3.24. The van der Waals surface area contributed by atoms with Crippen LogP contribution in [0.5, 0.6) is 5.95 Å². The van der Waals surface area contributed by atoms with E-state index < -0.39 is 0 Å². The number of furan rings is 1. The lowest BCUT2D eigenvalue weighted by Gasteiger charge is -2.37. The second kappa shape index (κ2) is 5.09. The van der Waals surface area contributed by atoms with Gasteiger partial charge in [-0.2, -0.15) is 0 Å². The normalized spacial score (nSPS) is 25.7. The molecule has 1 aromatic heterocycles. The molecule has 0 aliphatic carbocycles. The van der Waals surface area contributed by atoms with Gasteiger partial charge in [-0.05, 0) is 25.3 Å². The summed E-state index contributed by atoms with van der Waals surface area (Å²) in [6.45, 7) is 1.89. The minimum atomic E-state index is -0.390. The van der Waals surface area contributed by atoms with Crippen LogP contribution in [-0.4, -0.2) is 55.4 Å². The molecule has 0 saturated carbocycles. The van der Waals surface area contributed by atoms with Gasteiger partial charge in [-0.15, -0.1) is 0 Å². The van der Waals surface area contributed by atoms with Gasteiger partial charge in [0.15, 0.2) is 5.76 Å². The zero-order chi connectivity index (χ0) is 15.0. The van der Waals surface area contributed by atoms with Crippen molar-refractivity contribution < 1.29 is 18.7 Å². The van der Waals surface area contributed by atoms with Gasteiger partial charge in [-0.3, -0.25) is 9.59 Å². The van der Waals surface area contributed by atoms with Crippen LogP contribution in [0.4, 0.5) is 0 Å². The maximum absolute atomic E-state index is 12.4. The Hall–Kier alpha value is -1.98. The summed E-state index contributed by atoms with van der Waals surface area (Å²) in [5, 5.41) is 0. The summed E-state index contributed by atoms with van der Waals surface area (Å²) in [5.74, 6) is 0.582. The number of ether oxygens (including phenoxy) is 1. The van der Waals surface area contributed by atoms with Crippen LogP contribution >= 0.6 is 0 Å². The number of nitrogens with zero attached hydrogens (tertiary/aromatic N) is 2. The highest BCUT2D eigenvalue weighted by atomic mass is 16.6. The smallest absolute Gasteiger partial charge is 0.289 e. The first kappa shape index (κ1) is 14.0. The number of hydrogen-bond donors (Lipinski definition) is 0. The van der Waals surface area contributed by atoms with E-state index >= 15 is 0 Å². The number of rotatable bonds is 2. The zero-order valence-corrected chi connectivity index (χ0v) is 12.4. The van der Waals surface area contributed by atoms with Gasteiger partial charge in [0.25, 0.3) is 11.9 Å². The molecule has 114 valence electrons. The Kier molecular flexibility index (Phi) is 3.39. The van der Waals surface area contributed by atoms with Crippen molar-refractivity contribution in [2.75, 3.05) is 33.8 Å². The second-order valence-electron chi connectivity index (χ2n) is 5.91. The van der Waals surface area contributed by atoms with Crippen LogP contribution in [0.2, 0.25) is 0 Å². The molecule has 1 aromatic rings. The van der Waals surface area contributed by atoms with E-state index in [-0.39, 0.29) is 23.0 Å². The number of carbonyl (C=O) groups excluding carboxylic acids is 2. The summed E-state index contributed by atoms with van der Waals surface area (Å²) in [6.07, 6.45) is 2.60. The number of amides is 2. The van der Waals surface area contributed by atoms with Crippen LogP contribution in [-0.2, 0) is 4.79 Å². The molecular formula is C15H20N2O4. The van der Waals surface area contributed by atoms with Crippen molar-refractivity contribution in [1.29, 1.82) is 0 Å². The number of likely N-dealkylation sites (tertiary alicyclic amines) is 2. The molecule has 0 N–H and O–H groups in total. The summed E-state index contributed by atoms with van der Waals surface area (Å²) in [4.78, 5) is 28.4. The summed E-state index contributed by atoms with van der Waals surface area (Å²) >= 11 is 0. The van der Waals surface area contributed by atoms with Crippen LogP contribution < -0.4 is 4.74 Å². The number of hydrogen-bond acceptors (Lipinski definition) is 4. The first-order chi connectivity index (χ1) is 10.1. The van der Waals surface area contributed by atoms with Crippen molar-refractivity contribution in [3.8, 4) is 5.95 Å². The molecule has 1 atom stereocenters. The van der Waals surface area contributed by atoms with Gasteiger partial charge >= 0.3 is 0 Å². The topological polar surface area (TPSA) is 63.0 Å². The molecule has 21 heavy (non-hydrogen) atoms. The Bertz CT molecular complexity index is 568. The van der Waals surface area contributed by atoms with Crippen molar-refractivity contribution in [1.82, 2.24) is 9.80 Å². The largest absolute Gasteiger partial charge is 0.468 e. The Balaban J connectivity index is 1.74. The molecule has 1 spiro atoms. The predicted octanol–water partition coefficient (Wildman–Crippen LogP) is 1.37. The number of methoxy groups -OCH3 is 1. The molecule has 2 saturated heterocycles. The third-order valence-corrected chi connectivity index (χ3v) is 4.58. The van der Waals surface area contributed by atoms with Gasteiger partial charge in [0, 0.05) is 32.7 Å². The molecule has 3 heterocycles. The van der Waals surface area contributed by atoms with Gasteiger partial charge in [-0.25, -0.2) is 0 Å². The summed E-state index contributed by atoms with van der Waals surface area (Å²) in [5.41, 5.74) is -0.390. The van der Waals surface area contributed by atoms with E-state index in [0.717, 1.165) is 25.8 Å². The fraction of sp³-hybridized carbons (Fsp3) is 0.600. The van der Waals surface area contributed by atoms with Crippen LogP contribution in [0, 0.1) is 5.41 Å². The van der Waals surface area contributed by atoms with Crippen molar-refractivity contribution >= 4 is 11.8 Å². The summed E-state index contributed by atoms with van der Waals surface area (Å²) in [7, 11) is 3.33. The van der Waals surface area contributed by atoms with Gasteiger partial charge < -0.3 is 19.0 Å². The molecule has 2 aliphatic heterocycles. The maximum atomic E-state index is 12.4. The minimum Gasteiger partial charge on any atom is -0.468 e. The molecule has 6 heteroatoms. The third-order valence-electron chi connectivity index (χ3n) is 4.58. The quantitative estimate of drug-likeness (QED) is 0.826. The van der Waals surface area contributed by atoms with Crippen LogP contribution in [0.1, 0.15) is 29.8 Å². The van der Waals surface area contributed by atoms with Crippen LogP contribution in [0.25, 0.3) is 0 Å². The van der Waals surface area contributed by atoms with Crippen LogP contribution in [0.15, 0.2) is 16.5 Å². The lowest BCUT2D eigenvalue weighted by molar-refractivity contribution is -0.143. The average molecular weight is 292 g/mol. The van der Waals surface area contributed by atoms with E-state index in [2.05, 4.69) is 0 Å². The van der Waals surface area contributed by atoms with Crippen molar-refractivity contribution in [3.63, 3.8) is 0 Å². The SMILES string of the molecule is COc1ccc(C(=O)N2CC[C@@]3(CCCN(C)C3=O)C2)o1. The molecule has 3 rings (SSSR count). The van der Waals surface area contributed by atoms with E-state index in [0.29, 0.717) is 19.0 Å². The van der Waals surface area contributed by atoms with Crippen molar-refractivity contribution in [3.05, 3.63) is 17.9 Å². The maximum Gasteiger partial charge on any atom is 0.289 e. The molecule has 0 aromatic carbocycles. The van der Waals surface area contributed by atoms with E-state index in [4.69, 9.17) is 9.15 Å². The Morgan fingerprint density at radius 1 is 1.33 bits per heavy atom. The van der Waals surface area contributed by atoms with E-state index in [1.807, 2.05) is 7.05 Å². The molecule has 2 aliphatic rings. The van der Waals surface area contributed by atoms with E-state index in [1.165, 1.54) is 7.11 Å². The molecule has 0 bridgehead atoms. The lowest BCUT2D eigenvalue weighted by Crippen LogP contribution is -2.48. The first-order valence-electron chi connectivity index (χ1n) is 7.24. The van der Waals surface area contributed by atoms with Gasteiger partial charge in [0.1, 0.15) is 0 Å². The Morgan fingerprint density at radius 2 is 2.14 bits per heavy atom. The van der Waals surface area contributed by atoms with Crippen molar-refractivity contribution in [2.45, 2.75) is 19.3 Å². The molecule has 2 fully saturated rings. The number of carbonyl (C=O) groups is 2. The van der Waals surface area contributed by atoms with Gasteiger partial charge in [-0.1, -0.05) is 0 Å². The number of piperidine rings is 1. The van der Waals surface area contributed by atoms with Gasteiger partial charge in [0.2, 0.25) is 5.91 Å². The Labute approximate surface area is 123 Å². The molecule has 2 amide bonds. The average Bonchev–Trinajstić information content (AvgIpc) is 3.12. The van der Waals surface area contributed by atoms with Crippen molar-refractivity contribution in [2.24, 2.45) is 5.41 Å². The molecule has 6 nitrogen and oxygen atoms in total. The molecule has 0 unspecified atom stereocenters. The predicted molar refractivity (Wildman–Crippen MR) is 75.1 cm³/mol. The zero-order valence-electron chi connectivity index (χ0n) is 12.4. The van der Waals surface area contributed by atoms with E-state index in [9.17, 15) is 9.59 Å². The fourth-order valence-corrected chi connectivity index (χ4v) is 3.39. The standard InChI is InChI=1S/C15H20N2O4/c1-16-8-3-6-15(14(16)19)7-9-17(10-15)13(18)11-4-5-12(20-2)21-11/h4-5H,3,6-10H2,1-2H3/t15-/m0/s1. The minimum absolute atomic E-state index is 0.168. The molecular weight excluding hydrogens is 272 g/mol. The Morgan fingerprint density at radius 3 is 2.86 bits per heavy atom. The first-order valence-corrected chi connectivity index (χ1v) is 7.24. The second-order valence-corrected chi connectivity index (χ2v) is 5.91. The van der Waals surface area contributed by atoms with Crippen LogP contribution in [0.3, 0.4) is 0 Å². The third kappa shape index (κ3) is 2.28. The molecule has 0 radical (unpaired) electrons. The highest BCUT2D eigenvalue weighted by molar-refractivity contribution is 5.93. The van der Waals surface area contributed by atoms with E-state index in [1.54, 1.807) is 21.9 Å². The lowest BCUT2D eigenvalue weighted by atomic mass is 9.78. The highest BCUT2D eigenvalue weighted by Crippen LogP contribution is 2.40. The fourth-order valence-electron chi connectivity index (χ4n) is 3.39. The van der Waals surface area contributed by atoms with Gasteiger partial charge in [0.05, 0.1) is 12.5 Å². The monoisotopic (exact) mass is 292 g/mol. The highest BCUT2D eigenvalue weighted by Gasteiger charge is 2.48.